The number of methoxy groups -OCH3 is 1. The summed E-state index contributed by atoms with van der Waals surface area (Å²) in [6.07, 6.45) is 1.02. The number of ether oxygens (including phenoxy) is 1. The third kappa shape index (κ3) is 5.20. The Morgan fingerprint density at radius 1 is 1.02 bits per heavy atom. The predicted octanol–water partition coefficient (Wildman–Crippen LogP) is 2.97. The smallest absolute Gasteiger partial charge is 0.248 e. The van der Waals surface area contributed by atoms with Crippen LogP contribution in [0.2, 0.25) is 5.02 Å². The SMILES string of the molecule is COc1ccc(F)cc1S(=O)(=O)N1CC(N2CCCC2)C(=O)N2C(Cc3ccc(Cl)cc3)C(=O)N(C(C)C)CC21. The number of sulfonamides is 1. The van der Waals surface area contributed by atoms with Gasteiger partial charge >= 0.3 is 0 Å². The van der Waals surface area contributed by atoms with Crippen LogP contribution in [0.5, 0.6) is 5.75 Å². The number of carbonyl (C=O) groups excluding carboxylic acids is 2. The number of likely N-dealkylation sites (tertiary alicyclic amines) is 1. The van der Waals surface area contributed by atoms with Crippen LogP contribution in [0.15, 0.2) is 47.4 Å². The molecule has 3 aliphatic rings. The molecule has 3 atom stereocenters. The number of nitrogens with zero attached hydrogens (tertiary/aromatic N) is 4. The highest BCUT2D eigenvalue weighted by atomic mass is 35.5. The van der Waals surface area contributed by atoms with E-state index in [2.05, 4.69) is 0 Å². The fourth-order valence-corrected chi connectivity index (χ4v) is 7.87. The Morgan fingerprint density at radius 2 is 1.70 bits per heavy atom. The van der Waals surface area contributed by atoms with Gasteiger partial charge in [-0.2, -0.15) is 4.31 Å². The molecule has 40 heavy (non-hydrogen) atoms. The molecule has 2 aromatic rings. The lowest BCUT2D eigenvalue weighted by Crippen LogP contribution is -2.76. The molecule has 3 aliphatic heterocycles. The first-order valence-electron chi connectivity index (χ1n) is 13.5. The second kappa shape index (κ2) is 11.3. The first-order chi connectivity index (χ1) is 19.0. The van der Waals surface area contributed by atoms with Crippen molar-refractivity contribution in [1.82, 2.24) is 19.0 Å². The van der Waals surface area contributed by atoms with E-state index >= 15 is 0 Å². The van der Waals surface area contributed by atoms with E-state index in [-0.39, 0.29) is 48.0 Å². The van der Waals surface area contributed by atoms with Crippen molar-refractivity contribution in [1.29, 1.82) is 0 Å². The van der Waals surface area contributed by atoms with Crippen molar-refractivity contribution in [2.45, 2.75) is 62.3 Å². The summed E-state index contributed by atoms with van der Waals surface area (Å²) in [6, 6.07) is 8.49. The van der Waals surface area contributed by atoms with Crippen molar-refractivity contribution >= 4 is 33.4 Å². The van der Waals surface area contributed by atoms with Gasteiger partial charge in [0.2, 0.25) is 21.8 Å². The average molecular weight is 593 g/mol. The molecule has 0 N–H and O–H groups in total. The van der Waals surface area contributed by atoms with Gasteiger partial charge in [-0.25, -0.2) is 12.8 Å². The highest BCUT2D eigenvalue weighted by Crippen LogP contribution is 2.36. The average Bonchev–Trinajstić information content (AvgIpc) is 3.46. The van der Waals surface area contributed by atoms with Gasteiger partial charge in [-0.15, -0.1) is 0 Å². The molecule has 0 aliphatic carbocycles. The topological polar surface area (TPSA) is 90.5 Å². The minimum Gasteiger partial charge on any atom is -0.495 e. The summed E-state index contributed by atoms with van der Waals surface area (Å²) in [4.78, 5) is 32.8. The molecule has 2 amide bonds. The van der Waals surface area contributed by atoms with E-state index in [9.17, 15) is 22.4 Å². The number of carbonyl (C=O) groups is 2. The Morgan fingerprint density at radius 3 is 2.33 bits per heavy atom. The van der Waals surface area contributed by atoms with Gasteiger partial charge in [0.05, 0.1) is 13.7 Å². The van der Waals surface area contributed by atoms with Gasteiger partial charge in [0.15, 0.2) is 0 Å². The molecule has 216 valence electrons. The third-order valence-electron chi connectivity index (χ3n) is 8.07. The normalized spacial score (nSPS) is 24.6. The van der Waals surface area contributed by atoms with Gasteiger partial charge in [0, 0.05) is 24.0 Å². The fourth-order valence-electron chi connectivity index (χ4n) is 6.00. The lowest BCUT2D eigenvalue weighted by molar-refractivity contribution is -0.171. The maximum Gasteiger partial charge on any atom is 0.248 e. The Bertz CT molecular complexity index is 1380. The van der Waals surface area contributed by atoms with E-state index in [0.29, 0.717) is 18.1 Å². The summed E-state index contributed by atoms with van der Waals surface area (Å²) < 4.78 is 49.6. The van der Waals surface area contributed by atoms with Crippen LogP contribution in [0.4, 0.5) is 4.39 Å². The number of rotatable bonds is 7. The van der Waals surface area contributed by atoms with Crippen LogP contribution in [-0.2, 0) is 26.0 Å². The summed E-state index contributed by atoms with van der Waals surface area (Å²) >= 11 is 6.08. The first kappa shape index (κ1) is 28.8. The Labute approximate surface area is 239 Å². The van der Waals surface area contributed by atoms with Gasteiger partial charge in [-0.05, 0) is 75.7 Å². The van der Waals surface area contributed by atoms with Gasteiger partial charge in [-0.1, -0.05) is 23.7 Å². The number of amides is 2. The largest absolute Gasteiger partial charge is 0.495 e. The third-order valence-corrected chi connectivity index (χ3v) is 10.2. The predicted molar refractivity (Wildman–Crippen MR) is 148 cm³/mol. The molecule has 0 aromatic heterocycles. The molecule has 0 bridgehead atoms. The lowest BCUT2D eigenvalue weighted by Gasteiger charge is -2.55. The molecule has 3 unspecified atom stereocenters. The van der Waals surface area contributed by atoms with E-state index < -0.39 is 34.1 Å². The number of hydrogen-bond acceptors (Lipinski definition) is 6. The second-order valence-electron chi connectivity index (χ2n) is 10.8. The summed E-state index contributed by atoms with van der Waals surface area (Å²) in [5.74, 6) is -1.21. The van der Waals surface area contributed by atoms with Crippen molar-refractivity contribution in [3.05, 3.63) is 58.9 Å². The molecule has 9 nitrogen and oxygen atoms in total. The summed E-state index contributed by atoms with van der Waals surface area (Å²) in [7, 11) is -3.03. The minimum atomic E-state index is -4.36. The summed E-state index contributed by atoms with van der Waals surface area (Å²) in [5.41, 5.74) is 0.796. The Kier molecular flexibility index (Phi) is 8.11. The fraction of sp³-hybridized carbons (Fsp3) is 0.500. The molecule has 0 radical (unpaired) electrons. The number of hydrogen-bond donors (Lipinski definition) is 0. The van der Waals surface area contributed by atoms with Crippen LogP contribution in [0.3, 0.4) is 0 Å². The van der Waals surface area contributed by atoms with E-state index in [4.69, 9.17) is 16.3 Å². The van der Waals surface area contributed by atoms with Crippen LogP contribution in [0.1, 0.15) is 32.3 Å². The molecule has 3 saturated heterocycles. The number of benzene rings is 2. The Balaban J connectivity index is 1.64. The number of halogens is 2. The molecule has 2 aromatic carbocycles. The van der Waals surface area contributed by atoms with Gasteiger partial charge in [0.25, 0.3) is 0 Å². The molecule has 12 heteroatoms. The van der Waals surface area contributed by atoms with E-state index in [1.165, 1.54) is 22.4 Å². The number of fused-ring (bicyclic) bond motifs is 1. The van der Waals surface area contributed by atoms with Crippen molar-refractivity contribution in [2.75, 3.05) is 33.3 Å². The number of piperazine rings is 1. The molecule has 3 fully saturated rings. The molecule has 3 heterocycles. The van der Waals surface area contributed by atoms with Crippen molar-refractivity contribution < 1.29 is 27.1 Å². The van der Waals surface area contributed by atoms with Crippen molar-refractivity contribution in [3.63, 3.8) is 0 Å². The molecule has 0 saturated carbocycles. The zero-order valence-electron chi connectivity index (χ0n) is 22.8. The van der Waals surface area contributed by atoms with Crippen LogP contribution in [-0.4, -0.2) is 96.8 Å². The van der Waals surface area contributed by atoms with E-state index in [1.54, 1.807) is 29.2 Å². The zero-order valence-corrected chi connectivity index (χ0v) is 24.4. The first-order valence-corrected chi connectivity index (χ1v) is 15.3. The highest BCUT2D eigenvalue weighted by molar-refractivity contribution is 7.89. The standard InChI is InChI=1S/C28H34ClFN4O5S/c1-18(2)32-17-26-33(40(37,38)25-15-21(30)10-11-24(25)39-3)16-23(31-12-4-5-13-31)28(36)34(26)22(27(32)35)14-19-6-8-20(29)9-7-19/h6-11,15,18,22-23,26H,4-5,12-14,16-17H2,1-3H3. The highest BCUT2D eigenvalue weighted by Gasteiger charge is 2.55. The maximum absolute atomic E-state index is 14.4. The van der Waals surface area contributed by atoms with Crippen LogP contribution in [0, 0.1) is 5.82 Å². The van der Waals surface area contributed by atoms with Crippen molar-refractivity contribution in [2.24, 2.45) is 0 Å². The van der Waals surface area contributed by atoms with Gasteiger partial charge in [-0.3, -0.25) is 14.5 Å². The van der Waals surface area contributed by atoms with Gasteiger partial charge in [0.1, 0.15) is 34.7 Å². The quantitative estimate of drug-likeness (QED) is 0.491. The van der Waals surface area contributed by atoms with Crippen LogP contribution < -0.4 is 4.74 Å². The van der Waals surface area contributed by atoms with Crippen molar-refractivity contribution in [3.8, 4) is 5.75 Å². The molecule has 5 rings (SSSR count). The van der Waals surface area contributed by atoms with Crippen LogP contribution >= 0.6 is 11.6 Å². The summed E-state index contributed by atoms with van der Waals surface area (Å²) in [5, 5.41) is 0.546. The van der Waals surface area contributed by atoms with Crippen LogP contribution in [0.25, 0.3) is 0 Å². The summed E-state index contributed by atoms with van der Waals surface area (Å²) in [6.45, 7) is 4.93. The zero-order chi connectivity index (χ0) is 28.8. The Hall–Kier alpha value is -2.73. The van der Waals surface area contributed by atoms with E-state index in [0.717, 1.165) is 30.5 Å². The van der Waals surface area contributed by atoms with E-state index in [1.807, 2.05) is 18.7 Å². The monoisotopic (exact) mass is 592 g/mol. The minimum absolute atomic E-state index is 0.00292. The van der Waals surface area contributed by atoms with Gasteiger partial charge < -0.3 is 14.5 Å². The molecular formula is C28H34ClFN4O5S. The maximum atomic E-state index is 14.4. The molecule has 0 spiro atoms. The molecular weight excluding hydrogens is 559 g/mol. The second-order valence-corrected chi connectivity index (χ2v) is 13.1. The lowest BCUT2D eigenvalue weighted by atomic mass is 9.96.